The Morgan fingerprint density at radius 1 is 0.853 bits per heavy atom. The maximum atomic E-state index is 13.0. The van der Waals surface area contributed by atoms with Crippen molar-refractivity contribution in [2.24, 2.45) is 0 Å². The molecule has 0 bridgehead atoms. The second-order valence-corrected chi connectivity index (χ2v) is 8.53. The lowest BCUT2D eigenvalue weighted by Gasteiger charge is -2.12. The zero-order valence-corrected chi connectivity index (χ0v) is 19.1. The third-order valence-electron chi connectivity index (χ3n) is 4.74. The summed E-state index contributed by atoms with van der Waals surface area (Å²) >= 11 is 7.05. The van der Waals surface area contributed by atoms with E-state index in [1.807, 2.05) is 66.7 Å². The number of rotatable bonds is 6. The van der Waals surface area contributed by atoms with Crippen LogP contribution >= 0.6 is 23.4 Å². The first kappa shape index (κ1) is 23.8. The highest BCUT2D eigenvalue weighted by Gasteiger charge is 2.31. The smallest absolute Gasteiger partial charge is 0.324 e. The number of aromatic nitrogens is 2. The molecule has 4 nitrogen and oxygen atoms in total. The van der Waals surface area contributed by atoms with Gasteiger partial charge in [0.2, 0.25) is 5.91 Å². The van der Waals surface area contributed by atoms with Gasteiger partial charge in [-0.1, -0.05) is 84.0 Å². The van der Waals surface area contributed by atoms with Crippen LogP contribution in [0.4, 0.5) is 18.9 Å². The van der Waals surface area contributed by atoms with Crippen molar-refractivity contribution in [3.63, 3.8) is 0 Å². The number of amides is 1. The molecule has 9 heteroatoms. The maximum Gasteiger partial charge on any atom is 0.416 e. The quantitative estimate of drug-likeness (QED) is 0.225. The number of hydrogen-bond donors (Lipinski definition) is 1. The van der Waals surface area contributed by atoms with E-state index in [0.29, 0.717) is 16.5 Å². The molecule has 0 fully saturated rings. The lowest BCUT2D eigenvalue weighted by Crippen LogP contribution is -2.15. The van der Waals surface area contributed by atoms with Gasteiger partial charge in [0, 0.05) is 11.1 Å². The molecule has 0 saturated carbocycles. The normalized spacial score (nSPS) is 11.3. The maximum absolute atomic E-state index is 13.0. The van der Waals surface area contributed by atoms with Gasteiger partial charge in [-0.2, -0.15) is 13.2 Å². The molecule has 0 atom stereocenters. The Bertz CT molecular complexity index is 1240. The van der Waals surface area contributed by atoms with Gasteiger partial charge in [-0.25, -0.2) is 9.97 Å². The third-order valence-corrected chi connectivity index (χ3v) is 5.92. The number of hydrogen-bond acceptors (Lipinski definition) is 4. The molecular weight excluding hydrogens is 483 g/mol. The van der Waals surface area contributed by atoms with Gasteiger partial charge in [0.25, 0.3) is 0 Å². The standard InChI is InChI=1S/C25H17ClF3N3OS/c26-19-12-11-18(25(27,28)29)13-22(19)30-23(33)15-34-24-31-20(16-7-3-1-4-8-16)14-21(32-24)17-9-5-2-6-10-17/h1-14H,15H2,(H,30,33). The number of alkyl halides is 3. The molecule has 1 heterocycles. The zero-order valence-electron chi connectivity index (χ0n) is 17.5. The lowest BCUT2D eigenvalue weighted by atomic mass is 10.1. The predicted molar refractivity (Wildman–Crippen MR) is 129 cm³/mol. The topological polar surface area (TPSA) is 54.9 Å². The molecule has 1 amide bonds. The molecule has 0 saturated heterocycles. The molecule has 1 N–H and O–H groups in total. The number of benzene rings is 3. The SMILES string of the molecule is O=C(CSc1nc(-c2ccccc2)cc(-c2ccccc2)n1)Nc1cc(C(F)(F)F)ccc1Cl. The summed E-state index contributed by atoms with van der Waals surface area (Å²) in [4.78, 5) is 21.6. The molecule has 0 aliphatic heterocycles. The van der Waals surface area contributed by atoms with E-state index in [1.54, 1.807) is 0 Å². The molecule has 4 aromatic rings. The van der Waals surface area contributed by atoms with E-state index in [-0.39, 0.29) is 16.5 Å². The summed E-state index contributed by atoms with van der Waals surface area (Å²) in [5.74, 6) is -0.639. The van der Waals surface area contributed by atoms with Crippen LogP contribution in [-0.4, -0.2) is 21.6 Å². The second-order valence-electron chi connectivity index (χ2n) is 7.18. The van der Waals surface area contributed by atoms with Crippen molar-refractivity contribution in [1.29, 1.82) is 0 Å². The van der Waals surface area contributed by atoms with Gasteiger partial charge in [0.05, 0.1) is 33.4 Å². The minimum absolute atomic E-state index is 0.0139. The summed E-state index contributed by atoms with van der Waals surface area (Å²) in [6.07, 6.45) is -4.54. The first-order valence-corrected chi connectivity index (χ1v) is 11.5. The minimum Gasteiger partial charge on any atom is -0.324 e. The molecule has 0 unspecified atom stereocenters. The summed E-state index contributed by atoms with van der Waals surface area (Å²) in [6.45, 7) is 0. The van der Waals surface area contributed by atoms with Crippen molar-refractivity contribution in [2.75, 3.05) is 11.1 Å². The Balaban J connectivity index is 1.55. The van der Waals surface area contributed by atoms with Crippen molar-refractivity contribution in [2.45, 2.75) is 11.3 Å². The average molecular weight is 500 g/mol. The van der Waals surface area contributed by atoms with Crippen LogP contribution in [0, 0.1) is 0 Å². The summed E-state index contributed by atoms with van der Waals surface area (Å²) in [5, 5.41) is 2.82. The fraction of sp³-hybridized carbons (Fsp3) is 0.0800. The zero-order chi connectivity index (χ0) is 24.1. The van der Waals surface area contributed by atoms with E-state index in [0.717, 1.165) is 41.1 Å². The van der Waals surface area contributed by atoms with Gasteiger partial charge in [-0.15, -0.1) is 0 Å². The second kappa shape index (κ2) is 10.3. The highest BCUT2D eigenvalue weighted by Crippen LogP contribution is 2.34. The summed E-state index contributed by atoms with van der Waals surface area (Å²) in [5.41, 5.74) is 2.17. The molecule has 0 aliphatic rings. The fourth-order valence-corrected chi connectivity index (χ4v) is 3.94. The van der Waals surface area contributed by atoms with Gasteiger partial charge in [-0.3, -0.25) is 4.79 Å². The van der Waals surface area contributed by atoms with Crippen molar-refractivity contribution >= 4 is 35.0 Å². The predicted octanol–water partition coefficient (Wildman–Crippen LogP) is 7.21. The Morgan fingerprint density at radius 3 is 1.94 bits per heavy atom. The van der Waals surface area contributed by atoms with Crippen LogP contribution in [0.3, 0.4) is 0 Å². The van der Waals surface area contributed by atoms with E-state index in [9.17, 15) is 18.0 Å². The summed E-state index contributed by atoms with van der Waals surface area (Å²) in [7, 11) is 0. The molecule has 34 heavy (non-hydrogen) atoms. The highest BCUT2D eigenvalue weighted by atomic mass is 35.5. The van der Waals surface area contributed by atoms with E-state index >= 15 is 0 Å². The molecule has 1 aromatic heterocycles. The molecule has 4 rings (SSSR count). The van der Waals surface area contributed by atoms with Crippen molar-refractivity contribution in [3.05, 3.63) is 95.5 Å². The van der Waals surface area contributed by atoms with Crippen LogP contribution < -0.4 is 5.32 Å². The van der Waals surface area contributed by atoms with E-state index in [2.05, 4.69) is 15.3 Å². The van der Waals surface area contributed by atoms with Crippen LogP contribution in [0.1, 0.15) is 5.56 Å². The first-order valence-electron chi connectivity index (χ1n) is 10.1. The molecule has 0 spiro atoms. The minimum atomic E-state index is -4.54. The Labute approximate surface area is 203 Å². The number of anilines is 1. The first-order chi connectivity index (χ1) is 16.3. The molecule has 0 radical (unpaired) electrons. The van der Waals surface area contributed by atoms with E-state index in [4.69, 9.17) is 11.6 Å². The number of carbonyl (C=O) groups excluding carboxylic acids is 1. The largest absolute Gasteiger partial charge is 0.416 e. The van der Waals surface area contributed by atoms with Crippen molar-refractivity contribution < 1.29 is 18.0 Å². The van der Waals surface area contributed by atoms with Gasteiger partial charge < -0.3 is 5.32 Å². The summed E-state index contributed by atoms with van der Waals surface area (Å²) in [6, 6.07) is 23.8. The monoisotopic (exact) mass is 499 g/mol. The number of carbonyl (C=O) groups is 1. The van der Waals surface area contributed by atoms with Crippen LogP contribution in [0.5, 0.6) is 0 Å². The average Bonchev–Trinajstić information content (AvgIpc) is 2.84. The fourth-order valence-electron chi connectivity index (χ4n) is 3.12. The van der Waals surface area contributed by atoms with Gasteiger partial charge >= 0.3 is 6.18 Å². The summed E-state index contributed by atoms with van der Waals surface area (Å²) < 4.78 is 39.0. The van der Waals surface area contributed by atoms with E-state index in [1.165, 1.54) is 0 Å². The Hall–Kier alpha value is -3.36. The van der Waals surface area contributed by atoms with Crippen LogP contribution in [0.2, 0.25) is 5.02 Å². The highest BCUT2D eigenvalue weighted by molar-refractivity contribution is 7.99. The van der Waals surface area contributed by atoms with Crippen LogP contribution in [0.25, 0.3) is 22.5 Å². The number of nitrogens with zero attached hydrogens (tertiary/aromatic N) is 2. The number of nitrogens with one attached hydrogen (secondary N) is 1. The van der Waals surface area contributed by atoms with Gasteiger partial charge in [0.15, 0.2) is 5.16 Å². The van der Waals surface area contributed by atoms with Crippen LogP contribution in [-0.2, 0) is 11.0 Å². The lowest BCUT2D eigenvalue weighted by molar-refractivity contribution is -0.137. The molecule has 172 valence electrons. The molecular formula is C25H17ClF3N3OS. The molecule has 0 aliphatic carbocycles. The van der Waals surface area contributed by atoms with Gasteiger partial charge in [0.1, 0.15) is 0 Å². The Morgan fingerprint density at radius 2 is 1.41 bits per heavy atom. The van der Waals surface area contributed by atoms with Gasteiger partial charge in [-0.05, 0) is 24.3 Å². The van der Waals surface area contributed by atoms with Crippen LogP contribution in [0.15, 0.2) is 90.1 Å². The third kappa shape index (κ3) is 5.95. The number of thioether (sulfide) groups is 1. The van der Waals surface area contributed by atoms with E-state index < -0.39 is 17.6 Å². The molecule has 3 aromatic carbocycles. The number of halogens is 4. The Kier molecular flexibility index (Phi) is 7.19. The van der Waals surface area contributed by atoms with Crippen molar-refractivity contribution in [1.82, 2.24) is 9.97 Å². The van der Waals surface area contributed by atoms with Crippen molar-refractivity contribution in [3.8, 4) is 22.5 Å².